The monoisotopic (exact) mass is 190 g/mol. The number of hydrogen-bond donors (Lipinski definition) is 3. The molecule has 76 valence electrons. The highest BCUT2D eigenvalue weighted by Gasteiger charge is 2.00. The number of aliphatic hydroxyl groups excluding tert-OH is 1. The van der Waals surface area contributed by atoms with Crippen molar-refractivity contribution in [2.24, 2.45) is 5.73 Å². The third-order valence-electron chi connectivity index (χ3n) is 1.19. The van der Waals surface area contributed by atoms with Gasteiger partial charge >= 0.3 is 6.09 Å². The zero-order valence-electron chi connectivity index (χ0n) is 7.28. The summed E-state index contributed by atoms with van der Waals surface area (Å²) < 4.78 is 4.48. The lowest BCUT2D eigenvalue weighted by molar-refractivity contribution is -0.118. The number of primary amides is 1. The minimum absolute atomic E-state index is 0.0261. The Morgan fingerprint density at radius 3 is 2.69 bits per heavy atom. The molecule has 0 bridgehead atoms. The van der Waals surface area contributed by atoms with Gasteiger partial charge in [-0.3, -0.25) is 4.79 Å². The van der Waals surface area contributed by atoms with Gasteiger partial charge in [-0.15, -0.1) is 0 Å². The van der Waals surface area contributed by atoms with Crippen molar-refractivity contribution in [3.63, 3.8) is 0 Å². The Labute approximate surface area is 76.0 Å². The van der Waals surface area contributed by atoms with Crippen LogP contribution in [0.2, 0.25) is 0 Å². The normalized spacial score (nSPS) is 9.31. The Balaban J connectivity index is 3.22. The number of nitrogens with one attached hydrogen (secondary N) is 1. The quantitative estimate of drug-likeness (QED) is 0.466. The third kappa shape index (κ3) is 8.61. The molecule has 0 fully saturated rings. The molecular formula is C7H14N2O4. The van der Waals surface area contributed by atoms with Crippen LogP contribution in [-0.2, 0) is 9.53 Å². The number of aliphatic hydroxyl groups is 1. The SMILES string of the molecule is NC(=O)CCCNC(=O)OCCO. The summed E-state index contributed by atoms with van der Waals surface area (Å²) in [5.74, 6) is -0.398. The summed E-state index contributed by atoms with van der Waals surface area (Å²) in [5, 5.41) is 10.7. The summed E-state index contributed by atoms with van der Waals surface area (Å²) in [7, 11) is 0. The smallest absolute Gasteiger partial charge is 0.407 e. The van der Waals surface area contributed by atoms with Crippen LogP contribution in [0, 0.1) is 0 Å². The summed E-state index contributed by atoms with van der Waals surface area (Å²) in [5.41, 5.74) is 4.87. The van der Waals surface area contributed by atoms with Gasteiger partial charge in [0, 0.05) is 13.0 Å². The molecule has 0 radical (unpaired) electrons. The molecule has 2 amide bonds. The second kappa shape index (κ2) is 7.35. The molecule has 13 heavy (non-hydrogen) atoms. The van der Waals surface area contributed by atoms with Gasteiger partial charge in [0.25, 0.3) is 0 Å². The molecule has 0 heterocycles. The summed E-state index contributed by atoms with van der Waals surface area (Å²) in [6, 6.07) is 0. The Morgan fingerprint density at radius 1 is 1.46 bits per heavy atom. The number of carbonyl (C=O) groups excluding carboxylic acids is 2. The van der Waals surface area contributed by atoms with E-state index in [1.165, 1.54) is 0 Å². The third-order valence-corrected chi connectivity index (χ3v) is 1.19. The first-order chi connectivity index (χ1) is 6.16. The van der Waals surface area contributed by atoms with Crippen molar-refractivity contribution >= 4 is 12.0 Å². The molecule has 0 aliphatic heterocycles. The van der Waals surface area contributed by atoms with Gasteiger partial charge in [-0.2, -0.15) is 0 Å². The van der Waals surface area contributed by atoms with Crippen molar-refractivity contribution in [3.05, 3.63) is 0 Å². The Morgan fingerprint density at radius 2 is 2.15 bits per heavy atom. The second-order valence-corrected chi connectivity index (χ2v) is 2.36. The van der Waals surface area contributed by atoms with Crippen LogP contribution in [0.5, 0.6) is 0 Å². The van der Waals surface area contributed by atoms with Crippen LogP contribution >= 0.6 is 0 Å². The number of amides is 2. The summed E-state index contributed by atoms with van der Waals surface area (Å²) >= 11 is 0. The molecule has 0 saturated heterocycles. The Hall–Kier alpha value is -1.30. The maximum absolute atomic E-state index is 10.7. The van der Waals surface area contributed by atoms with Crippen molar-refractivity contribution in [3.8, 4) is 0 Å². The number of alkyl carbamates (subject to hydrolysis) is 1. The number of hydrogen-bond acceptors (Lipinski definition) is 4. The van der Waals surface area contributed by atoms with Gasteiger partial charge in [-0.1, -0.05) is 0 Å². The molecule has 0 aliphatic rings. The largest absolute Gasteiger partial charge is 0.447 e. The van der Waals surface area contributed by atoms with Crippen molar-refractivity contribution < 1.29 is 19.4 Å². The van der Waals surface area contributed by atoms with Crippen molar-refractivity contribution in [2.75, 3.05) is 19.8 Å². The van der Waals surface area contributed by atoms with E-state index in [0.717, 1.165) is 0 Å². The predicted octanol–water partition coefficient (Wildman–Crippen LogP) is -1.03. The first-order valence-corrected chi connectivity index (χ1v) is 3.96. The van der Waals surface area contributed by atoms with Crippen molar-refractivity contribution in [2.45, 2.75) is 12.8 Å². The average Bonchev–Trinajstić information content (AvgIpc) is 2.08. The van der Waals surface area contributed by atoms with E-state index >= 15 is 0 Å². The van der Waals surface area contributed by atoms with E-state index in [9.17, 15) is 9.59 Å². The lowest BCUT2D eigenvalue weighted by Gasteiger charge is -2.04. The standard InChI is InChI=1S/C7H14N2O4/c8-6(11)2-1-3-9-7(12)13-5-4-10/h10H,1-5H2,(H2,8,11)(H,9,12). The van der Waals surface area contributed by atoms with Crippen LogP contribution in [0.3, 0.4) is 0 Å². The fourth-order valence-corrected chi connectivity index (χ4v) is 0.642. The van der Waals surface area contributed by atoms with Crippen LogP contribution in [-0.4, -0.2) is 36.9 Å². The molecule has 0 atom stereocenters. The van der Waals surface area contributed by atoms with E-state index in [1.54, 1.807) is 0 Å². The average molecular weight is 190 g/mol. The molecule has 0 rings (SSSR count). The molecule has 0 aliphatic carbocycles. The van der Waals surface area contributed by atoms with Crippen molar-refractivity contribution in [1.29, 1.82) is 0 Å². The van der Waals surface area contributed by atoms with Crippen LogP contribution in [0.25, 0.3) is 0 Å². The number of nitrogens with two attached hydrogens (primary N) is 1. The van der Waals surface area contributed by atoms with E-state index in [1.807, 2.05) is 0 Å². The van der Waals surface area contributed by atoms with Gasteiger partial charge in [0.1, 0.15) is 6.61 Å². The van der Waals surface area contributed by atoms with Gasteiger partial charge < -0.3 is 20.9 Å². The van der Waals surface area contributed by atoms with E-state index in [2.05, 4.69) is 10.1 Å². The van der Waals surface area contributed by atoms with E-state index in [4.69, 9.17) is 10.8 Å². The van der Waals surface area contributed by atoms with Crippen LogP contribution < -0.4 is 11.1 Å². The Kier molecular flexibility index (Phi) is 6.62. The lowest BCUT2D eigenvalue weighted by Crippen LogP contribution is -2.27. The number of ether oxygens (including phenoxy) is 1. The summed E-state index contributed by atoms with van der Waals surface area (Å²) in [4.78, 5) is 20.9. The fourth-order valence-electron chi connectivity index (χ4n) is 0.642. The predicted molar refractivity (Wildman–Crippen MR) is 44.9 cm³/mol. The first-order valence-electron chi connectivity index (χ1n) is 3.96. The highest BCUT2D eigenvalue weighted by molar-refractivity contribution is 5.73. The van der Waals surface area contributed by atoms with Crippen LogP contribution in [0.4, 0.5) is 4.79 Å². The molecule has 6 nitrogen and oxygen atoms in total. The van der Waals surface area contributed by atoms with E-state index in [0.29, 0.717) is 13.0 Å². The summed E-state index contributed by atoms with van der Waals surface area (Å²) in [6.45, 7) is 0.115. The highest BCUT2D eigenvalue weighted by Crippen LogP contribution is 1.85. The topological polar surface area (TPSA) is 102 Å². The van der Waals surface area contributed by atoms with E-state index < -0.39 is 12.0 Å². The van der Waals surface area contributed by atoms with E-state index in [-0.39, 0.29) is 19.6 Å². The fraction of sp³-hybridized carbons (Fsp3) is 0.714. The molecule has 0 aromatic carbocycles. The van der Waals surface area contributed by atoms with Gasteiger partial charge in [-0.05, 0) is 6.42 Å². The zero-order chi connectivity index (χ0) is 10.1. The minimum Gasteiger partial charge on any atom is -0.447 e. The molecule has 4 N–H and O–H groups in total. The number of rotatable bonds is 6. The highest BCUT2D eigenvalue weighted by atomic mass is 16.6. The molecule has 6 heteroatoms. The minimum atomic E-state index is -0.599. The van der Waals surface area contributed by atoms with Gasteiger partial charge in [0.15, 0.2) is 0 Å². The molecule has 0 aromatic heterocycles. The van der Waals surface area contributed by atoms with Crippen molar-refractivity contribution in [1.82, 2.24) is 5.32 Å². The van der Waals surface area contributed by atoms with Gasteiger partial charge in [-0.25, -0.2) is 4.79 Å². The first kappa shape index (κ1) is 11.7. The Bertz CT molecular complexity index is 172. The van der Waals surface area contributed by atoms with Crippen LogP contribution in [0.15, 0.2) is 0 Å². The second-order valence-electron chi connectivity index (χ2n) is 2.36. The molecule has 0 saturated carbocycles. The van der Waals surface area contributed by atoms with Gasteiger partial charge in [0.05, 0.1) is 6.61 Å². The molecule has 0 spiro atoms. The molecule has 0 unspecified atom stereocenters. The van der Waals surface area contributed by atoms with Crippen LogP contribution in [0.1, 0.15) is 12.8 Å². The number of carbonyl (C=O) groups is 2. The zero-order valence-corrected chi connectivity index (χ0v) is 7.28. The molecular weight excluding hydrogens is 176 g/mol. The maximum atomic E-state index is 10.7. The lowest BCUT2D eigenvalue weighted by atomic mass is 10.3. The summed E-state index contributed by atoms with van der Waals surface area (Å²) in [6.07, 6.45) is 0.127. The maximum Gasteiger partial charge on any atom is 0.407 e. The molecule has 0 aromatic rings. The van der Waals surface area contributed by atoms with Gasteiger partial charge in [0.2, 0.25) is 5.91 Å².